The van der Waals surface area contributed by atoms with E-state index in [0.717, 1.165) is 22.4 Å². The van der Waals surface area contributed by atoms with Crippen LogP contribution in [0.2, 0.25) is 0 Å². The molecule has 0 saturated carbocycles. The van der Waals surface area contributed by atoms with Crippen LogP contribution in [0.25, 0.3) is 6.08 Å². The van der Waals surface area contributed by atoms with Gasteiger partial charge in [0.2, 0.25) is 5.90 Å². The number of hydrazine groups is 1. The van der Waals surface area contributed by atoms with Crippen molar-refractivity contribution in [1.82, 2.24) is 10.9 Å². The topological polar surface area (TPSA) is 111 Å². The molecule has 1 aliphatic rings. The van der Waals surface area contributed by atoms with E-state index in [0.29, 0.717) is 49.0 Å². The number of benzene rings is 4. The van der Waals surface area contributed by atoms with E-state index < -0.39 is 11.6 Å². The van der Waals surface area contributed by atoms with E-state index in [1.165, 1.54) is 0 Å². The summed E-state index contributed by atoms with van der Waals surface area (Å²) in [7, 11) is 3.25. The number of aliphatic hydroxyl groups is 1. The molecule has 0 unspecified atom stereocenters. The number of carbonyl (C=O) groups is 1. The summed E-state index contributed by atoms with van der Waals surface area (Å²) in [5.41, 5.74) is 8.25. The summed E-state index contributed by atoms with van der Waals surface area (Å²) >= 11 is 0. The number of amides is 1. The summed E-state index contributed by atoms with van der Waals surface area (Å²) < 4.78 is 23.2. The lowest BCUT2D eigenvalue weighted by Crippen LogP contribution is -2.52. The third-order valence-electron chi connectivity index (χ3n) is 7.84. The normalized spacial score (nSPS) is 17.2. The van der Waals surface area contributed by atoms with Crippen molar-refractivity contribution in [3.05, 3.63) is 131 Å². The molecule has 0 fully saturated rings. The minimum Gasteiger partial charge on any atom is -0.497 e. The number of hydrogen-bond acceptors (Lipinski definition) is 8. The van der Waals surface area contributed by atoms with Crippen LogP contribution in [0.4, 0.5) is 0 Å². The molecule has 0 radical (unpaired) electrons. The van der Waals surface area contributed by atoms with Gasteiger partial charge < -0.3 is 24.1 Å². The van der Waals surface area contributed by atoms with Crippen LogP contribution in [-0.2, 0) is 16.0 Å². The first kappa shape index (κ1) is 33.2. The molecule has 5 rings (SSSR count). The average molecular weight is 636 g/mol. The lowest BCUT2D eigenvalue weighted by molar-refractivity contribution is -0.129. The number of nitrogens with one attached hydrogen (secondary N) is 2. The molecule has 0 aromatic heterocycles. The second-order valence-corrected chi connectivity index (χ2v) is 11.1. The molecule has 4 aromatic rings. The van der Waals surface area contributed by atoms with E-state index in [9.17, 15) is 4.79 Å². The molecule has 0 saturated heterocycles. The van der Waals surface area contributed by atoms with Gasteiger partial charge in [-0.05, 0) is 71.6 Å². The molecule has 9 nitrogen and oxygen atoms in total. The Morgan fingerprint density at radius 1 is 0.915 bits per heavy atom. The van der Waals surface area contributed by atoms with E-state index in [1.54, 1.807) is 14.2 Å². The summed E-state index contributed by atoms with van der Waals surface area (Å²) in [6, 6.07) is 32.7. The summed E-state index contributed by atoms with van der Waals surface area (Å²) in [6.45, 7) is 0.966. The zero-order valence-corrected chi connectivity index (χ0v) is 26.7. The van der Waals surface area contributed by atoms with E-state index >= 15 is 0 Å². The number of aliphatic hydroxyl groups excluding tert-OH is 1. The molecular formula is C38H41N3O6. The molecule has 0 spiro atoms. The van der Waals surface area contributed by atoms with Gasteiger partial charge in [0, 0.05) is 31.6 Å². The molecule has 3 N–H and O–H groups in total. The van der Waals surface area contributed by atoms with Crippen molar-refractivity contribution in [2.45, 2.75) is 30.9 Å². The molecule has 2 atom stereocenters. The first-order valence-electron chi connectivity index (χ1n) is 15.7. The second-order valence-electron chi connectivity index (χ2n) is 11.1. The van der Waals surface area contributed by atoms with Crippen molar-refractivity contribution >= 4 is 17.9 Å². The summed E-state index contributed by atoms with van der Waals surface area (Å²) in [5, 5.41) is 9.08. The highest BCUT2D eigenvalue weighted by atomic mass is 16.5. The van der Waals surface area contributed by atoms with Gasteiger partial charge in [-0.1, -0.05) is 66.7 Å². The van der Waals surface area contributed by atoms with Gasteiger partial charge >= 0.3 is 0 Å². The van der Waals surface area contributed by atoms with Crippen LogP contribution in [0.3, 0.4) is 0 Å². The minimum atomic E-state index is -1.35. The second kappa shape index (κ2) is 16.4. The molecule has 0 aliphatic carbocycles. The Labute approximate surface area is 275 Å². The van der Waals surface area contributed by atoms with Crippen LogP contribution < -0.4 is 25.1 Å². The number of nitrogens with zero attached hydrogens (tertiary/aromatic N) is 1. The maximum Gasteiger partial charge on any atom is 0.266 e. The Hall–Kier alpha value is -5.12. The maximum atomic E-state index is 14.4. The molecule has 47 heavy (non-hydrogen) atoms. The Balaban J connectivity index is 1.46. The van der Waals surface area contributed by atoms with Gasteiger partial charge in [0.15, 0.2) is 11.6 Å². The fourth-order valence-electron chi connectivity index (χ4n) is 5.34. The van der Waals surface area contributed by atoms with E-state index in [1.807, 2.05) is 115 Å². The predicted molar refractivity (Wildman–Crippen MR) is 183 cm³/mol. The van der Waals surface area contributed by atoms with Crippen LogP contribution >= 0.6 is 0 Å². The van der Waals surface area contributed by atoms with Crippen molar-refractivity contribution in [1.29, 1.82) is 0 Å². The average Bonchev–Trinajstić information content (AvgIpc) is 3.52. The number of rotatable bonds is 16. The molecule has 9 heteroatoms. The highest BCUT2D eigenvalue weighted by molar-refractivity contribution is 6.01. The maximum absolute atomic E-state index is 14.4. The Morgan fingerprint density at radius 3 is 2.40 bits per heavy atom. The fourth-order valence-corrected chi connectivity index (χ4v) is 5.34. The highest BCUT2D eigenvalue weighted by Gasteiger charge is 2.52. The van der Waals surface area contributed by atoms with Gasteiger partial charge in [-0.25, -0.2) is 10.4 Å². The number of methoxy groups -OCH3 is 2. The summed E-state index contributed by atoms with van der Waals surface area (Å²) in [6.07, 6.45) is 4.68. The molecular weight excluding hydrogens is 594 g/mol. The molecule has 1 amide bonds. The van der Waals surface area contributed by atoms with Gasteiger partial charge in [0.1, 0.15) is 17.2 Å². The van der Waals surface area contributed by atoms with Crippen LogP contribution in [0.1, 0.15) is 41.2 Å². The first-order valence-corrected chi connectivity index (χ1v) is 15.7. The molecule has 4 aromatic carbocycles. The summed E-state index contributed by atoms with van der Waals surface area (Å²) in [4.78, 5) is 19.4. The number of aliphatic imine (C=N–C) groups is 1. The van der Waals surface area contributed by atoms with Gasteiger partial charge in [-0.15, -0.1) is 0 Å². The van der Waals surface area contributed by atoms with Crippen molar-refractivity contribution in [2.75, 3.05) is 34.0 Å². The Bertz CT molecular complexity index is 1660. The van der Waals surface area contributed by atoms with E-state index in [-0.39, 0.29) is 18.9 Å². The van der Waals surface area contributed by atoms with Crippen LogP contribution in [0.5, 0.6) is 17.2 Å². The third-order valence-corrected chi connectivity index (χ3v) is 7.84. The largest absolute Gasteiger partial charge is 0.497 e. The smallest absolute Gasteiger partial charge is 0.266 e. The first-order chi connectivity index (χ1) is 23.0. The zero-order chi connectivity index (χ0) is 32.9. The lowest BCUT2D eigenvalue weighted by atomic mass is 9.84. The van der Waals surface area contributed by atoms with Crippen molar-refractivity contribution in [3.63, 3.8) is 0 Å². The number of ether oxygens (including phenoxy) is 4. The van der Waals surface area contributed by atoms with Gasteiger partial charge in [-0.3, -0.25) is 10.2 Å². The summed E-state index contributed by atoms with van der Waals surface area (Å²) in [5.74, 6) is 2.12. The van der Waals surface area contributed by atoms with E-state index in [4.69, 9.17) is 29.0 Å². The van der Waals surface area contributed by atoms with Gasteiger partial charge in [0.05, 0.1) is 20.8 Å². The minimum absolute atomic E-state index is 0.0626. The Morgan fingerprint density at radius 2 is 1.66 bits per heavy atom. The molecule has 1 aliphatic heterocycles. The molecule has 1 heterocycles. The van der Waals surface area contributed by atoms with Gasteiger partial charge in [0.25, 0.3) is 5.91 Å². The quantitative estimate of drug-likeness (QED) is 0.107. The van der Waals surface area contributed by atoms with Crippen molar-refractivity contribution in [3.8, 4) is 17.2 Å². The van der Waals surface area contributed by atoms with Crippen molar-refractivity contribution in [2.24, 2.45) is 4.99 Å². The monoisotopic (exact) mass is 635 g/mol. The highest BCUT2D eigenvalue weighted by Crippen LogP contribution is 2.43. The number of carbonyl (C=O) groups excluding carboxylic acids is 1. The lowest BCUT2D eigenvalue weighted by Gasteiger charge is -2.30. The molecule has 244 valence electrons. The SMILES string of the molecule is COc1cccc(CCNNC(=O)[C@@]2(C/C=C/c3ccccc3)N=C(c3ccc(OCCCO)cc3)O[C@H]2c2cccc(OC)c2)c1. The van der Waals surface area contributed by atoms with Gasteiger partial charge in [-0.2, -0.15) is 0 Å². The van der Waals surface area contributed by atoms with Crippen molar-refractivity contribution < 1.29 is 28.8 Å². The third kappa shape index (κ3) is 8.58. The predicted octanol–water partition coefficient (Wildman–Crippen LogP) is 5.69. The van der Waals surface area contributed by atoms with E-state index in [2.05, 4.69) is 10.9 Å². The standard InChI is InChI=1S/C38H41N3O6/c1-44-33-15-6-12-29(26-33)21-23-39-41-37(43)38(22-8-13-28-10-4-3-5-11-28)35(31-14-7-16-34(27-31)45-2)47-36(40-38)30-17-19-32(20-18-30)46-25-9-24-42/h3-8,10-20,26-27,35,39,42H,9,21-25H2,1-2H3,(H,41,43)/b13-8+/t35-,38-/m0/s1. The number of hydrogen-bond donors (Lipinski definition) is 3. The van der Waals surface area contributed by atoms with Crippen LogP contribution in [-0.4, -0.2) is 56.4 Å². The Kier molecular flexibility index (Phi) is 11.6. The van der Waals surface area contributed by atoms with Crippen LogP contribution in [0, 0.1) is 0 Å². The zero-order valence-electron chi connectivity index (χ0n) is 26.7. The molecule has 0 bridgehead atoms. The van der Waals surface area contributed by atoms with Crippen LogP contribution in [0.15, 0.2) is 114 Å². The fraction of sp³-hybridized carbons (Fsp3) is 0.263.